The number of furan rings is 1. The second-order valence-electron chi connectivity index (χ2n) is 6.31. The van der Waals surface area contributed by atoms with Gasteiger partial charge in [-0.1, -0.05) is 48.0 Å². The molecule has 0 amide bonds. The van der Waals surface area contributed by atoms with Crippen molar-refractivity contribution < 1.29 is 4.42 Å². The Hall–Kier alpha value is -0.290. The molecule has 1 saturated carbocycles. The number of nitrogens with one attached hydrogen (secondary N) is 1. The van der Waals surface area contributed by atoms with Gasteiger partial charge in [0.2, 0.25) is 0 Å². The fraction of sp³-hybridized carbons (Fsp3) is 0.474. The molecule has 1 aromatic heterocycles. The maximum absolute atomic E-state index is 6.03. The van der Waals surface area contributed by atoms with E-state index in [0.717, 1.165) is 32.6 Å². The maximum Gasteiger partial charge on any atom is 0.135 e. The molecule has 0 atom stereocenters. The summed E-state index contributed by atoms with van der Waals surface area (Å²) in [6.45, 7) is 0.818. The molecule has 0 aliphatic heterocycles. The van der Waals surface area contributed by atoms with E-state index < -0.39 is 0 Å². The Morgan fingerprint density at radius 1 is 0.958 bits per heavy atom. The lowest BCUT2D eigenvalue weighted by Gasteiger charge is -2.20. The summed E-state index contributed by atoms with van der Waals surface area (Å²) < 4.78 is 8.13. The predicted molar refractivity (Wildman–Crippen MR) is 110 cm³/mol. The molecule has 1 N–H and O–H groups in total. The summed E-state index contributed by atoms with van der Waals surface area (Å²) in [5.41, 5.74) is 1.09. The first-order valence-electron chi connectivity index (χ1n) is 8.50. The second kappa shape index (κ2) is 10.0. The molecule has 0 saturated heterocycles. The van der Waals surface area contributed by atoms with Gasteiger partial charge in [-0.3, -0.25) is 0 Å². The first-order chi connectivity index (χ1) is 11.2. The highest BCUT2D eigenvalue weighted by atomic mass is 79.9. The maximum atomic E-state index is 6.03. The van der Waals surface area contributed by atoms with Crippen LogP contribution in [0.25, 0.3) is 11.3 Å². The van der Waals surface area contributed by atoms with E-state index in [0.29, 0.717) is 6.04 Å². The SMILES string of the molecule is Brc1ccc(-c2ccc(CNC3CCCCCCC3)o2)c(Br)c1.Cl. The lowest BCUT2D eigenvalue weighted by molar-refractivity contribution is 0.372. The van der Waals surface area contributed by atoms with Crippen molar-refractivity contribution in [1.29, 1.82) is 0 Å². The summed E-state index contributed by atoms with van der Waals surface area (Å²) in [4.78, 5) is 0. The number of benzene rings is 1. The lowest BCUT2D eigenvalue weighted by Crippen LogP contribution is -2.29. The molecule has 2 nitrogen and oxygen atoms in total. The van der Waals surface area contributed by atoms with Gasteiger partial charge < -0.3 is 9.73 Å². The van der Waals surface area contributed by atoms with Gasteiger partial charge in [-0.15, -0.1) is 12.4 Å². The van der Waals surface area contributed by atoms with E-state index >= 15 is 0 Å². The third kappa shape index (κ3) is 5.62. The van der Waals surface area contributed by atoms with E-state index in [1.807, 2.05) is 12.1 Å². The summed E-state index contributed by atoms with van der Waals surface area (Å²) in [7, 11) is 0. The van der Waals surface area contributed by atoms with Crippen molar-refractivity contribution in [2.24, 2.45) is 0 Å². The highest BCUT2D eigenvalue weighted by molar-refractivity contribution is 9.11. The van der Waals surface area contributed by atoms with E-state index in [-0.39, 0.29) is 12.4 Å². The molecule has 0 radical (unpaired) electrons. The summed E-state index contributed by atoms with van der Waals surface area (Å²) >= 11 is 7.09. The van der Waals surface area contributed by atoms with Crippen LogP contribution in [0.4, 0.5) is 0 Å². The van der Waals surface area contributed by atoms with Gasteiger partial charge in [-0.05, 0) is 59.1 Å². The van der Waals surface area contributed by atoms with Crippen molar-refractivity contribution >= 4 is 44.3 Å². The van der Waals surface area contributed by atoms with Gasteiger partial charge in [0, 0.05) is 20.6 Å². The lowest BCUT2D eigenvalue weighted by atomic mass is 9.97. The third-order valence-electron chi connectivity index (χ3n) is 4.53. The van der Waals surface area contributed by atoms with E-state index in [2.05, 4.69) is 55.4 Å². The molecule has 1 fully saturated rings. The van der Waals surface area contributed by atoms with Gasteiger partial charge in [0.1, 0.15) is 11.5 Å². The zero-order valence-corrected chi connectivity index (χ0v) is 17.7. The molecular weight excluding hydrogens is 453 g/mol. The summed E-state index contributed by atoms with van der Waals surface area (Å²) in [6, 6.07) is 10.9. The monoisotopic (exact) mass is 475 g/mol. The average molecular weight is 478 g/mol. The van der Waals surface area contributed by atoms with Crippen LogP contribution in [0.2, 0.25) is 0 Å². The van der Waals surface area contributed by atoms with Crippen LogP contribution in [0.1, 0.15) is 50.7 Å². The van der Waals surface area contributed by atoms with Gasteiger partial charge in [0.25, 0.3) is 0 Å². The van der Waals surface area contributed by atoms with Gasteiger partial charge >= 0.3 is 0 Å². The Morgan fingerprint density at radius 3 is 2.38 bits per heavy atom. The Balaban J connectivity index is 0.00000208. The van der Waals surface area contributed by atoms with Crippen molar-refractivity contribution in [2.75, 3.05) is 0 Å². The van der Waals surface area contributed by atoms with Crippen LogP contribution < -0.4 is 5.32 Å². The second-order valence-corrected chi connectivity index (χ2v) is 8.08. The predicted octanol–water partition coefficient (Wildman–Crippen LogP) is 7.10. The fourth-order valence-electron chi connectivity index (χ4n) is 3.21. The van der Waals surface area contributed by atoms with E-state index in [1.165, 1.54) is 44.9 Å². The van der Waals surface area contributed by atoms with Gasteiger partial charge in [-0.25, -0.2) is 0 Å². The molecule has 1 aromatic carbocycles. The minimum Gasteiger partial charge on any atom is -0.460 e. The molecule has 24 heavy (non-hydrogen) atoms. The Kier molecular flexibility index (Phi) is 8.35. The van der Waals surface area contributed by atoms with E-state index in [4.69, 9.17) is 4.42 Å². The minimum atomic E-state index is 0. The molecule has 1 aliphatic rings. The first kappa shape index (κ1) is 20.0. The number of halogens is 3. The smallest absolute Gasteiger partial charge is 0.135 e. The molecule has 0 bridgehead atoms. The molecule has 132 valence electrons. The normalized spacial score (nSPS) is 16.2. The van der Waals surface area contributed by atoms with Crippen LogP contribution >= 0.6 is 44.3 Å². The highest BCUT2D eigenvalue weighted by Gasteiger charge is 2.13. The quantitative estimate of drug-likeness (QED) is 0.508. The van der Waals surface area contributed by atoms with E-state index in [1.54, 1.807) is 0 Å². The fourth-order valence-corrected chi connectivity index (χ4v) is 4.45. The Morgan fingerprint density at radius 2 is 1.67 bits per heavy atom. The minimum absolute atomic E-state index is 0. The van der Waals surface area contributed by atoms with Gasteiger partial charge in [-0.2, -0.15) is 0 Å². The van der Waals surface area contributed by atoms with Crippen LogP contribution in [-0.4, -0.2) is 6.04 Å². The number of hydrogen-bond donors (Lipinski definition) is 1. The molecule has 1 aliphatic carbocycles. The molecule has 3 rings (SSSR count). The summed E-state index contributed by atoms with van der Waals surface area (Å²) in [5, 5.41) is 3.68. The molecule has 0 spiro atoms. The molecular formula is C19H24Br2ClNO. The molecule has 5 heteroatoms. The zero-order chi connectivity index (χ0) is 16.1. The Labute approximate surface area is 167 Å². The molecule has 2 aromatic rings. The highest BCUT2D eigenvalue weighted by Crippen LogP contribution is 2.32. The van der Waals surface area contributed by atoms with Crippen LogP contribution in [0.3, 0.4) is 0 Å². The van der Waals surface area contributed by atoms with Crippen molar-refractivity contribution in [2.45, 2.75) is 57.5 Å². The van der Waals surface area contributed by atoms with Crippen molar-refractivity contribution in [3.8, 4) is 11.3 Å². The van der Waals surface area contributed by atoms with E-state index in [9.17, 15) is 0 Å². The van der Waals surface area contributed by atoms with Gasteiger partial charge in [0.05, 0.1) is 6.54 Å². The average Bonchev–Trinajstić information content (AvgIpc) is 2.94. The van der Waals surface area contributed by atoms with Gasteiger partial charge in [0.15, 0.2) is 0 Å². The summed E-state index contributed by atoms with van der Waals surface area (Å²) in [6.07, 6.45) is 9.50. The number of hydrogen-bond acceptors (Lipinski definition) is 2. The van der Waals surface area contributed by atoms with Crippen LogP contribution in [0.15, 0.2) is 43.7 Å². The molecule has 1 heterocycles. The van der Waals surface area contributed by atoms with Crippen LogP contribution in [0, 0.1) is 0 Å². The van der Waals surface area contributed by atoms with Crippen molar-refractivity contribution in [3.05, 3.63) is 45.0 Å². The number of rotatable bonds is 4. The Bertz CT molecular complexity index is 636. The van der Waals surface area contributed by atoms with Crippen LogP contribution in [-0.2, 0) is 6.54 Å². The third-order valence-corrected chi connectivity index (χ3v) is 5.68. The van der Waals surface area contributed by atoms with Crippen molar-refractivity contribution in [3.63, 3.8) is 0 Å². The topological polar surface area (TPSA) is 25.2 Å². The zero-order valence-electron chi connectivity index (χ0n) is 13.7. The standard InChI is InChI=1S/C19H23Br2NO.ClH/c20-14-8-10-17(18(21)12-14)19-11-9-16(23-19)13-22-15-6-4-2-1-3-5-7-15;/h8-12,15,22H,1-7,13H2;1H. The first-order valence-corrected chi connectivity index (χ1v) is 10.1. The van der Waals surface area contributed by atoms with Crippen molar-refractivity contribution in [1.82, 2.24) is 5.32 Å². The largest absolute Gasteiger partial charge is 0.460 e. The molecule has 0 unspecified atom stereocenters. The summed E-state index contributed by atoms with van der Waals surface area (Å²) in [5.74, 6) is 1.93. The van der Waals surface area contributed by atoms with Crippen LogP contribution in [0.5, 0.6) is 0 Å².